The number of ether oxygens (including phenoxy) is 1. The number of guanidine groups is 1. The smallest absolute Gasteiger partial charge is 0.225 e. The number of carbonyl (C=O) groups excluding carboxylic acids is 1. The van der Waals surface area contributed by atoms with Gasteiger partial charge in [-0.25, -0.2) is 9.98 Å². The molecule has 3 rings (SSSR count). The Labute approximate surface area is 171 Å². The second-order valence-electron chi connectivity index (χ2n) is 7.32. The summed E-state index contributed by atoms with van der Waals surface area (Å²) in [6.07, 6.45) is 7.01. The molecule has 2 N–H and O–H groups in total. The molecule has 154 valence electrons. The van der Waals surface area contributed by atoms with Gasteiger partial charge in [-0.15, -0.1) is 0 Å². The van der Waals surface area contributed by atoms with E-state index in [0.717, 1.165) is 44.9 Å². The molecular formula is C20H30ClN5O2. The Bertz CT molecular complexity index is 661. The van der Waals surface area contributed by atoms with Gasteiger partial charge in [0.25, 0.3) is 0 Å². The highest BCUT2D eigenvalue weighted by Crippen LogP contribution is 2.27. The van der Waals surface area contributed by atoms with Gasteiger partial charge in [0.1, 0.15) is 6.61 Å². The summed E-state index contributed by atoms with van der Waals surface area (Å²) in [5.74, 6) is 1.89. The second kappa shape index (κ2) is 10.5. The van der Waals surface area contributed by atoms with Gasteiger partial charge in [0.2, 0.25) is 11.8 Å². The van der Waals surface area contributed by atoms with Crippen molar-refractivity contribution in [1.82, 2.24) is 20.5 Å². The fraction of sp³-hybridized carbons (Fsp3) is 0.650. The van der Waals surface area contributed by atoms with E-state index in [0.29, 0.717) is 30.0 Å². The lowest BCUT2D eigenvalue weighted by Crippen LogP contribution is -2.45. The molecule has 8 heteroatoms. The van der Waals surface area contributed by atoms with Crippen LogP contribution in [-0.2, 0) is 4.79 Å². The summed E-state index contributed by atoms with van der Waals surface area (Å²) < 4.78 is 5.58. The molecule has 1 aliphatic carbocycles. The molecule has 1 aromatic rings. The Morgan fingerprint density at radius 3 is 2.89 bits per heavy atom. The predicted octanol–water partition coefficient (Wildman–Crippen LogP) is 2.46. The van der Waals surface area contributed by atoms with Gasteiger partial charge in [-0.2, -0.15) is 0 Å². The minimum absolute atomic E-state index is 0.238. The number of nitrogens with one attached hydrogen (secondary N) is 2. The topological polar surface area (TPSA) is 78.9 Å². The minimum Gasteiger partial charge on any atom is -0.476 e. The van der Waals surface area contributed by atoms with E-state index >= 15 is 0 Å². The SMILES string of the molecule is CCNC(=NCCOc1ccc(Cl)cn1)NC1CCN(C(=O)C2CCCC2)C1. The minimum atomic E-state index is 0.238. The Hall–Kier alpha value is -2.02. The lowest BCUT2D eigenvalue weighted by Gasteiger charge is -2.21. The van der Waals surface area contributed by atoms with Gasteiger partial charge in [0.05, 0.1) is 11.6 Å². The van der Waals surface area contributed by atoms with Gasteiger partial charge >= 0.3 is 0 Å². The van der Waals surface area contributed by atoms with Gasteiger partial charge in [-0.3, -0.25) is 4.79 Å². The summed E-state index contributed by atoms with van der Waals surface area (Å²) in [6.45, 7) is 5.35. The van der Waals surface area contributed by atoms with Crippen LogP contribution in [-0.4, -0.2) is 60.6 Å². The zero-order valence-corrected chi connectivity index (χ0v) is 17.2. The molecule has 7 nitrogen and oxygen atoms in total. The number of hydrogen-bond acceptors (Lipinski definition) is 4. The molecule has 1 amide bonds. The van der Waals surface area contributed by atoms with E-state index in [-0.39, 0.29) is 12.0 Å². The van der Waals surface area contributed by atoms with Crippen molar-refractivity contribution in [2.75, 3.05) is 32.8 Å². The molecular weight excluding hydrogens is 378 g/mol. The number of aliphatic imine (C=N–C) groups is 1. The molecule has 1 aliphatic heterocycles. The Morgan fingerprint density at radius 1 is 1.36 bits per heavy atom. The van der Waals surface area contributed by atoms with E-state index in [1.165, 1.54) is 12.8 Å². The first kappa shape index (κ1) is 20.7. The summed E-state index contributed by atoms with van der Waals surface area (Å²) in [4.78, 5) is 23.3. The predicted molar refractivity (Wildman–Crippen MR) is 111 cm³/mol. The van der Waals surface area contributed by atoms with Crippen molar-refractivity contribution in [2.24, 2.45) is 10.9 Å². The maximum Gasteiger partial charge on any atom is 0.225 e. The maximum absolute atomic E-state index is 12.6. The van der Waals surface area contributed by atoms with Crippen LogP contribution in [0.15, 0.2) is 23.3 Å². The molecule has 28 heavy (non-hydrogen) atoms. The van der Waals surface area contributed by atoms with Gasteiger partial charge < -0.3 is 20.3 Å². The number of hydrogen-bond donors (Lipinski definition) is 2. The van der Waals surface area contributed by atoms with Crippen LogP contribution in [0.25, 0.3) is 0 Å². The highest BCUT2D eigenvalue weighted by molar-refractivity contribution is 6.30. The third-order valence-electron chi connectivity index (χ3n) is 5.20. The van der Waals surface area contributed by atoms with E-state index in [2.05, 4.69) is 20.6 Å². The molecule has 1 atom stereocenters. The number of carbonyl (C=O) groups is 1. The third-order valence-corrected chi connectivity index (χ3v) is 5.42. The molecule has 1 aromatic heterocycles. The number of likely N-dealkylation sites (tertiary alicyclic amines) is 1. The van der Waals surface area contributed by atoms with E-state index in [4.69, 9.17) is 16.3 Å². The number of pyridine rings is 1. The van der Waals surface area contributed by atoms with Crippen molar-refractivity contribution in [3.05, 3.63) is 23.4 Å². The van der Waals surface area contributed by atoms with Crippen LogP contribution >= 0.6 is 11.6 Å². The normalized spacial score (nSPS) is 20.4. The zero-order chi connectivity index (χ0) is 19.8. The lowest BCUT2D eigenvalue weighted by molar-refractivity contribution is -0.134. The molecule has 0 bridgehead atoms. The van der Waals surface area contributed by atoms with Gasteiger partial charge in [-0.1, -0.05) is 24.4 Å². The molecule has 1 saturated carbocycles. The largest absolute Gasteiger partial charge is 0.476 e. The van der Waals surface area contributed by atoms with Crippen molar-refractivity contribution in [3.8, 4) is 5.88 Å². The van der Waals surface area contributed by atoms with Crippen LogP contribution in [0.1, 0.15) is 39.0 Å². The Balaban J connectivity index is 1.43. The van der Waals surface area contributed by atoms with Gasteiger partial charge in [0.15, 0.2) is 5.96 Å². The second-order valence-corrected chi connectivity index (χ2v) is 7.76. The van der Waals surface area contributed by atoms with Crippen LogP contribution in [0.4, 0.5) is 0 Å². The van der Waals surface area contributed by atoms with Crippen LogP contribution in [0.5, 0.6) is 5.88 Å². The first-order chi connectivity index (χ1) is 13.7. The van der Waals surface area contributed by atoms with Crippen molar-refractivity contribution in [3.63, 3.8) is 0 Å². The van der Waals surface area contributed by atoms with Gasteiger partial charge in [0, 0.05) is 43.9 Å². The van der Waals surface area contributed by atoms with Crippen molar-refractivity contribution >= 4 is 23.5 Å². The number of halogens is 1. The first-order valence-corrected chi connectivity index (χ1v) is 10.6. The third kappa shape index (κ3) is 5.99. The van der Waals surface area contributed by atoms with E-state index in [1.54, 1.807) is 18.3 Å². The summed E-state index contributed by atoms with van der Waals surface area (Å²) in [5.41, 5.74) is 0. The van der Waals surface area contributed by atoms with E-state index in [1.807, 2.05) is 11.8 Å². The lowest BCUT2D eigenvalue weighted by atomic mass is 10.1. The molecule has 2 heterocycles. The maximum atomic E-state index is 12.6. The van der Waals surface area contributed by atoms with Crippen LogP contribution < -0.4 is 15.4 Å². The van der Waals surface area contributed by atoms with Crippen LogP contribution in [0, 0.1) is 5.92 Å². The summed E-state index contributed by atoms with van der Waals surface area (Å²) in [5, 5.41) is 7.30. The monoisotopic (exact) mass is 407 g/mol. The summed E-state index contributed by atoms with van der Waals surface area (Å²) >= 11 is 5.82. The fourth-order valence-corrected chi connectivity index (χ4v) is 3.89. The standard InChI is InChI=1S/C20H30ClN5O2/c1-2-22-20(23-10-12-28-18-8-7-16(21)13-24-18)25-17-9-11-26(14-17)19(27)15-5-3-4-6-15/h7-8,13,15,17H,2-6,9-12,14H2,1H3,(H2,22,23,25). The quantitative estimate of drug-likeness (QED) is 0.412. The van der Waals surface area contributed by atoms with Crippen LogP contribution in [0.2, 0.25) is 5.02 Å². The van der Waals surface area contributed by atoms with Crippen molar-refractivity contribution in [2.45, 2.75) is 45.1 Å². The molecule has 0 aromatic carbocycles. The fourth-order valence-electron chi connectivity index (χ4n) is 3.78. The van der Waals surface area contributed by atoms with Crippen molar-refractivity contribution < 1.29 is 9.53 Å². The Morgan fingerprint density at radius 2 is 2.18 bits per heavy atom. The van der Waals surface area contributed by atoms with E-state index < -0.39 is 0 Å². The number of nitrogens with zero attached hydrogens (tertiary/aromatic N) is 3. The summed E-state index contributed by atoms with van der Waals surface area (Å²) in [6, 6.07) is 3.73. The highest BCUT2D eigenvalue weighted by Gasteiger charge is 2.32. The molecule has 0 radical (unpaired) electrons. The number of aromatic nitrogens is 1. The Kier molecular flexibility index (Phi) is 7.77. The molecule has 2 aliphatic rings. The first-order valence-electron chi connectivity index (χ1n) is 10.2. The van der Waals surface area contributed by atoms with Gasteiger partial charge in [-0.05, 0) is 32.3 Å². The van der Waals surface area contributed by atoms with E-state index in [9.17, 15) is 4.79 Å². The summed E-state index contributed by atoms with van der Waals surface area (Å²) in [7, 11) is 0. The van der Waals surface area contributed by atoms with Crippen molar-refractivity contribution in [1.29, 1.82) is 0 Å². The number of amides is 1. The molecule has 1 saturated heterocycles. The average molecular weight is 408 g/mol. The molecule has 0 spiro atoms. The molecule has 1 unspecified atom stereocenters. The highest BCUT2D eigenvalue weighted by atomic mass is 35.5. The molecule has 2 fully saturated rings. The van der Waals surface area contributed by atoms with Crippen LogP contribution in [0.3, 0.4) is 0 Å². The zero-order valence-electron chi connectivity index (χ0n) is 16.5. The number of rotatable bonds is 7. The average Bonchev–Trinajstić information content (AvgIpc) is 3.38.